The van der Waals surface area contributed by atoms with E-state index >= 15 is 0 Å². The van der Waals surface area contributed by atoms with Crippen molar-refractivity contribution in [3.8, 4) is 0 Å². The molecule has 0 aliphatic heterocycles. The number of carbonyl (C=O) groups is 1. The molecule has 0 saturated carbocycles. The van der Waals surface area contributed by atoms with Gasteiger partial charge in [-0.3, -0.25) is 4.79 Å². The summed E-state index contributed by atoms with van der Waals surface area (Å²) in [5.41, 5.74) is 11.5. The van der Waals surface area contributed by atoms with Crippen molar-refractivity contribution >= 4 is 40.1 Å². The maximum absolute atomic E-state index is 10.6. The van der Waals surface area contributed by atoms with Crippen LogP contribution in [0.5, 0.6) is 0 Å². The van der Waals surface area contributed by atoms with E-state index in [0.717, 1.165) is 30.2 Å². The van der Waals surface area contributed by atoms with Gasteiger partial charge >= 0.3 is 0 Å². The SMILES string of the molecule is CC(=O)NCCCSCc1csc(N=C(N)N)n1. The fourth-order valence-electron chi connectivity index (χ4n) is 1.14. The number of nitrogens with zero attached hydrogens (tertiary/aromatic N) is 2. The minimum atomic E-state index is 0.0152. The van der Waals surface area contributed by atoms with Crippen LogP contribution in [0.1, 0.15) is 19.0 Å². The van der Waals surface area contributed by atoms with Crippen molar-refractivity contribution in [3.63, 3.8) is 0 Å². The molecule has 8 heteroatoms. The number of hydrogen-bond acceptors (Lipinski definition) is 5. The number of amides is 1. The maximum Gasteiger partial charge on any atom is 0.216 e. The third-order valence-corrected chi connectivity index (χ3v) is 3.71. The van der Waals surface area contributed by atoms with Gasteiger partial charge in [0.05, 0.1) is 5.69 Å². The molecular weight excluding hydrogens is 270 g/mol. The largest absolute Gasteiger partial charge is 0.370 e. The summed E-state index contributed by atoms with van der Waals surface area (Å²) >= 11 is 3.19. The molecule has 5 N–H and O–H groups in total. The average molecular weight is 287 g/mol. The number of thioether (sulfide) groups is 1. The van der Waals surface area contributed by atoms with Crippen LogP contribution < -0.4 is 16.8 Å². The molecule has 1 aromatic rings. The Morgan fingerprint density at radius 2 is 2.39 bits per heavy atom. The smallest absolute Gasteiger partial charge is 0.216 e. The minimum Gasteiger partial charge on any atom is -0.370 e. The molecule has 0 aromatic carbocycles. The summed E-state index contributed by atoms with van der Waals surface area (Å²) in [5.74, 6) is 1.85. The normalized spacial score (nSPS) is 10.1. The highest BCUT2D eigenvalue weighted by molar-refractivity contribution is 7.98. The Bertz CT molecular complexity index is 414. The van der Waals surface area contributed by atoms with Crippen LogP contribution in [0, 0.1) is 0 Å². The van der Waals surface area contributed by atoms with Crippen LogP contribution in [0.15, 0.2) is 10.4 Å². The van der Waals surface area contributed by atoms with E-state index in [4.69, 9.17) is 11.5 Å². The summed E-state index contributed by atoms with van der Waals surface area (Å²) in [5, 5.41) is 5.29. The monoisotopic (exact) mass is 287 g/mol. The number of thiazole rings is 1. The first-order valence-corrected chi connectivity index (χ1v) is 7.47. The van der Waals surface area contributed by atoms with Crippen LogP contribution in [0.4, 0.5) is 5.13 Å². The van der Waals surface area contributed by atoms with Crippen molar-refractivity contribution in [1.29, 1.82) is 0 Å². The number of aromatic nitrogens is 1. The van der Waals surface area contributed by atoms with Crippen LogP contribution in [0.2, 0.25) is 0 Å². The predicted octanol–water partition coefficient (Wildman–Crippen LogP) is 0.807. The Morgan fingerprint density at radius 3 is 3.06 bits per heavy atom. The molecule has 6 nitrogen and oxygen atoms in total. The van der Waals surface area contributed by atoms with E-state index in [-0.39, 0.29) is 11.9 Å². The zero-order chi connectivity index (χ0) is 13.4. The first-order valence-electron chi connectivity index (χ1n) is 5.44. The van der Waals surface area contributed by atoms with Gasteiger partial charge in [0.2, 0.25) is 11.0 Å². The molecule has 0 radical (unpaired) electrons. The molecule has 1 heterocycles. The van der Waals surface area contributed by atoms with E-state index in [1.54, 1.807) is 11.8 Å². The van der Waals surface area contributed by atoms with Crippen LogP contribution >= 0.6 is 23.1 Å². The third-order valence-electron chi connectivity index (χ3n) is 1.85. The lowest BCUT2D eigenvalue weighted by Gasteiger charge is -2.01. The van der Waals surface area contributed by atoms with Crippen molar-refractivity contribution < 1.29 is 4.79 Å². The maximum atomic E-state index is 10.6. The second-order valence-corrected chi connectivity index (χ2v) is 5.49. The number of rotatable bonds is 7. The number of guanidine groups is 1. The molecule has 1 aromatic heterocycles. The first-order chi connectivity index (χ1) is 8.58. The molecule has 0 saturated heterocycles. The summed E-state index contributed by atoms with van der Waals surface area (Å²) in [4.78, 5) is 18.8. The summed E-state index contributed by atoms with van der Waals surface area (Å²) in [6.07, 6.45) is 0.954. The first kappa shape index (κ1) is 14.8. The fourth-order valence-corrected chi connectivity index (χ4v) is 2.80. The second-order valence-electron chi connectivity index (χ2n) is 3.55. The Kier molecular flexibility index (Phi) is 6.51. The van der Waals surface area contributed by atoms with Gasteiger partial charge < -0.3 is 16.8 Å². The lowest BCUT2D eigenvalue weighted by molar-refractivity contribution is -0.118. The summed E-state index contributed by atoms with van der Waals surface area (Å²) < 4.78 is 0. The molecule has 1 rings (SSSR count). The molecule has 1 amide bonds. The van der Waals surface area contributed by atoms with Gasteiger partial charge in [0.15, 0.2) is 5.96 Å². The van der Waals surface area contributed by atoms with Crippen LogP contribution in [0.25, 0.3) is 0 Å². The van der Waals surface area contributed by atoms with Crippen molar-refractivity contribution in [2.24, 2.45) is 16.5 Å². The van der Waals surface area contributed by atoms with Gasteiger partial charge in [-0.1, -0.05) is 0 Å². The highest BCUT2D eigenvalue weighted by atomic mass is 32.2. The average Bonchev–Trinajstić information content (AvgIpc) is 2.69. The molecule has 0 spiro atoms. The lowest BCUT2D eigenvalue weighted by atomic mass is 10.5. The zero-order valence-corrected chi connectivity index (χ0v) is 11.8. The Labute approximate surface area is 114 Å². The zero-order valence-electron chi connectivity index (χ0n) is 10.2. The number of carbonyl (C=O) groups excluding carboxylic acids is 1. The Balaban J connectivity index is 2.18. The standard InChI is InChI=1S/C10H17N5OS2/c1-7(16)13-3-2-4-17-5-8-6-18-10(14-8)15-9(11)12/h6H,2-5H2,1H3,(H,13,16)(H4,11,12,14,15). The number of nitrogens with one attached hydrogen (secondary N) is 1. The van der Waals surface area contributed by atoms with Crippen molar-refractivity contribution in [3.05, 3.63) is 11.1 Å². The van der Waals surface area contributed by atoms with E-state index in [1.165, 1.54) is 18.3 Å². The molecule has 0 unspecified atom stereocenters. The Morgan fingerprint density at radius 1 is 1.61 bits per heavy atom. The van der Waals surface area contributed by atoms with Gasteiger partial charge in [-0.05, 0) is 12.2 Å². The van der Waals surface area contributed by atoms with Gasteiger partial charge in [0.25, 0.3) is 0 Å². The van der Waals surface area contributed by atoms with Crippen LogP contribution in [0.3, 0.4) is 0 Å². The van der Waals surface area contributed by atoms with Crippen LogP contribution in [-0.2, 0) is 10.5 Å². The van der Waals surface area contributed by atoms with E-state index in [2.05, 4.69) is 15.3 Å². The van der Waals surface area contributed by atoms with E-state index in [9.17, 15) is 4.79 Å². The molecule has 0 atom stereocenters. The molecule has 0 aliphatic carbocycles. The second kappa shape index (κ2) is 7.93. The lowest BCUT2D eigenvalue weighted by Crippen LogP contribution is -2.21. The van der Waals surface area contributed by atoms with Crippen molar-refractivity contribution in [2.75, 3.05) is 12.3 Å². The van der Waals surface area contributed by atoms with Gasteiger partial charge in [-0.15, -0.1) is 11.3 Å². The van der Waals surface area contributed by atoms with Gasteiger partial charge in [-0.25, -0.2) is 4.98 Å². The van der Waals surface area contributed by atoms with E-state index < -0.39 is 0 Å². The quantitative estimate of drug-likeness (QED) is 0.391. The number of hydrogen-bond donors (Lipinski definition) is 3. The highest BCUT2D eigenvalue weighted by Gasteiger charge is 2.01. The van der Waals surface area contributed by atoms with Gasteiger partial charge in [0, 0.05) is 24.6 Å². The van der Waals surface area contributed by atoms with E-state index in [0.29, 0.717) is 5.13 Å². The number of nitrogens with two attached hydrogens (primary N) is 2. The highest BCUT2D eigenvalue weighted by Crippen LogP contribution is 2.21. The molecule has 0 aliphatic rings. The van der Waals surface area contributed by atoms with Gasteiger partial charge in [-0.2, -0.15) is 16.8 Å². The molecule has 0 bridgehead atoms. The van der Waals surface area contributed by atoms with Crippen molar-refractivity contribution in [2.45, 2.75) is 19.1 Å². The minimum absolute atomic E-state index is 0.0152. The summed E-state index contributed by atoms with van der Waals surface area (Å²) in [6.45, 7) is 2.24. The molecule has 18 heavy (non-hydrogen) atoms. The van der Waals surface area contributed by atoms with E-state index in [1.807, 2.05) is 5.38 Å². The van der Waals surface area contributed by atoms with Gasteiger partial charge in [0.1, 0.15) is 0 Å². The summed E-state index contributed by atoms with van der Waals surface area (Å²) in [6, 6.07) is 0. The fraction of sp³-hybridized carbons (Fsp3) is 0.500. The third kappa shape index (κ3) is 6.45. The van der Waals surface area contributed by atoms with Crippen molar-refractivity contribution in [1.82, 2.24) is 10.3 Å². The summed E-state index contributed by atoms with van der Waals surface area (Å²) in [7, 11) is 0. The number of aliphatic imine (C=N–C) groups is 1. The molecule has 100 valence electrons. The van der Waals surface area contributed by atoms with Crippen LogP contribution in [-0.4, -0.2) is 29.1 Å². The molecular formula is C10H17N5OS2. The molecule has 0 fully saturated rings. The predicted molar refractivity (Wildman–Crippen MR) is 77.0 cm³/mol. The Hall–Kier alpha value is -1.28. The topological polar surface area (TPSA) is 106 Å².